The van der Waals surface area contributed by atoms with Gasteiger partial charge in [-0.2, -0.15) is 0 Å². The Bertz CT molecular complexity index is 261. The zero-order valence-electron chi connectivity index (χ0n) is 6.42. The number of halogens is 2. The average molecular weight is 225 g/mol. The van der Waals surface area contributed by atoms with Crippen molar-refractivity contribution in [3.8, 4) is 11.3 Å². The maximum Gasteiger partial charge on any atom is 0.328 e. The Balaban J connectivity index is 2.88. The SMILES string of the molecule is O=C(O)C(Cl)C1(C#CCl)OCCO1. The first-order valence-corrected chi connectivity index (χ1v) is 4.21. The van der Waals surface area contributed by atoms with E-state index in [1.165, 1.54) is 0 Å². The summed E-state index contributed by atoms with van der Waals surface area (Å²) in [5.41, 5.74) is 0. The Morgan fingerprint density at radius 2 is 2.08 bits per heavy atom. The van der Waals surface area contributed by atoms with Crippen LogP contribution in [0.25, 0.3) is 0 Å². The largest absolute Gasteiger partial charge is 0.480 e. The van der Waals surface area contributed by atoms with Gasteiger partial charge in [-0.15, -0.1) is 11.6 Å². The standard InChI is InChI=1S/C7H6Cl2O4/c8-2-1-7(5(9)6(10)11)12-3-4-13-7/h5H,3-4H2,(H,10,11). The molecule has 1 rings (SSSR count). The minimum atomic E-state index is -1.60. The molecule has 0 saturated carbocycles. The first kappa shape index (κ1) is 10.6. The Labute approximate surface area is 84.7 Å². The van der Waals surface area contributed by atoms with Crippen molar-refractivity contribution < 1.29 is 19.4 Å². The summed E-state index contributed by atoms with van der Waals surface area (Å²) in [7, 11) is 0. The zero-order valence-corrected chi connectivity index (χ0v) is 7.93. The van der Waals surface area contributed by atoms with Gasteiger partial charge in [0.15, 0.2) is 5.38 Å². The van der Waals surface area contributed by atoms with Gasteiger partial charge in [0, 0.05) is 5.38 Å². The fourth-order valence-electron chi connectivity index (χ4n) is 0.939. The highest BCUT2D eigenvalue weighted by atomic mass is 35.5. The van der Waals surface area contributed by atoms with E-state index < -0.39 is 17.1 Å². The Kier molecular flexibility index (Phi) is 3.40. The molecular formula is C7H6Cl2O4. The van der Waals surface area contributed by atoms with Crippen LogP contribution < -0.4 is 0 Å². The van der Waals surface area contributed by atoms with Gasteiger partial charge in [0.25, 0.3) is 5.79 Å². The van der Waals surface area contributed by atoms with Gasteiger partial charge in [-0.3, -0.25) is 4.79 Å². The van der Waals surface area contributed by atoms with E-state index in [1.54, 1.807) is 0 Å². The molecule has 0 bridgehead atoms. The number of hydrogen-bond donors (Lipinski definition) is 1. The summed E-state index contributed by atoms with van der Waals surface area (Å²) in [5.74, 6) is -0.566. The molecule has 1 N–H and O–H groups in total. The van der Waals surface area contributed by atoms with Crippen molar-refractivity contribution in [3.05, 3.63) is 0 Å². The molecule has 1 atom stereocenters. The van der Waals surface area contributed by atoms with Crippen LogP contribution in [-0.2, 0) is 14.3 Å². The van der Waals surface area contributed by atoms with E-state index in [4.69, 9.17) is 37.8 Å². The van der Waals surface area contributed by atoms with Crippen LogP contribution in [0.15, 0.2) is 0 Å². The van der Waals surface area contributed by atoms with Crippen molar-refractivity contribution in [2.24, 2.45) is 0 Å². The van der Waals surface area contributed by atoms with E-state index in [2.05, 4.69) is 5.92 Å². The van der Waals surface area contributed by atoms with Crippen molar-refractivity contribution in [1.29, 1.82) is 0 Å². The van der Waals surface area contributed by atoms with Crippen LogP contribution in [0.5, 0.6) is 0 Å². The molecule has 1 fully saturated rings. The third-order valence-corrected chi connectivity index (χ3v) is 2.06. The maximum atomic E-state index is 10.6. The number of carbonyl (C=O) groups is 1. The fraction of sp³-hybridized carbons (Fsp3) is 0.571. The summed E-state index contributed by atoms with van der Waals surface area (Å²) >= 11 is 10.7. The molecule has 1 aliphatic rings. The molecular weight excluding hydrogens is 219 g/mol. The van der Waals surface area contributed by atoms with E-state index in [0.29, 0.717) is 0 Å². The monoisotopic (exact) mass is 224 g/mol. The summed E-state index contributed by atoms with van der Waals surface area (Å²) in [4.78, 5) is 10.6. The number of alkyl halides is 1. The number of ether oxygens (including phenoxy) is 2. The molecule has 4 nitrogen and oxygen atoms in total. The predicted molar refractivity (Wildman–Crippen MR) is 45.5 cm³/mol. The average Bonchev–Trinajstić information content (AvgIpc) is 2.53. The lowest BCUT2D eigenvalue weighted by Gasteiger charge is -2.22. The fourth-order valence-corrected chi connectivity index (χ4v) is 1.25. The number of hydrogen-bond acceptors (Lipinski definition) is 3. The highest BCUT2D eigenvalue weighted by molar-refractivity contribution is 6.32. The predicted octanol–water partition coefficient (Wildman–Crippen LogP) is 0.621. The van der Waals surface area contributed by atoms with Gasteiger partial charge in [0.1, 0.15) is 0 Å². The minimum absolute atomic E-state index is 0.252. The molecule has 0 aliphatic carbocycles. The minimum Gasteiger partial charge on any atom is -0.480 e. The molecule has 1 aliphatic heterocycles. The summed E-state index contributed by atoms with van der Waals surface area (Å²) < 4.78 is 10.0. The summed E-state index contributed by atoms with van der Waals surface area (Å²) in [5, 5.41) is 9.25. The van der Waals surface area contributed by atoms with Gasteiger partial charge >= 0.3 is 5.97 Å². The first-order chi connectivity index (χ1) is 6.12. The van der Waals surface area contributed by atoms with Crippen LogP contribution in [0.2, 0.25) is 0 Å². The topological polar surface area (TPSA) is 55.8 Å². The van der Waals surface area contributed by atoms with E-state index in [9.17, 15) is 4.79 Å². The highest BCUT2D eigenvalue weighted by Crippen LogP contribution is 2.27. The van der Waals surface area contributed by atoms with Crippen LogP contribution >= 0.6 is 23.2 Å². The van der Waals surface area contributed by atoms with Crippen LogP contribution in [0.4, 0.5) is 0 Å². The van der Waals surface area contributed by atoms with Gasteiger partial charge in [0.05, 0.1) is 13.2 Å². The van der Waals surface area contributed by atoms with Crippen LogP contribution in [-0.4, -0.2) is 35.5 Å². The van der Waals surface area contributed by atoms with Crippen molar-refractivity contribution in [2.75, 3.05) is 13.2 Å². The van der Waals surface area contributed by atoms with Gasteiger partial charge in [0.2, 0.25) is 0 Å². The lowest BCUT2D eigenvalue weighted by Crippen LogP contribution is -2.43. The third-order valence-electron chi connectivity index (χ3n) is 1.49. The second-order valence-corrected chi connectivity index (χ2v) is 2.91. The van der Waals surface area contributed by atoms with Crippen molar-refractivity contribution in [2.45, 2.75) is 11.2 Å². The Morgan fingerprint density at radius 3 is 2.46 bits per heavy atom. The molecule has 0 aromatic carbocycles. The second kappa shape index (κ2) is 4.16. The molecule has 0 spiro atoms. The van der Waals surface area contributed by atoms with Gasteiger partial charge in [-0.05, 0) is 17.5 Å². The first-order valence-electron chi connectivity index (χ1n) is 3.40. The zero-order chi connectivity index (χ0) is 9.90. The molecule has 0 amide bonds. The molecule has 1 heterocycles. The van der Waals surface area contributed by atoms with Gasteiger partial charge in [-0.1, -0.05) is 0 Å². The van der Waals surface area contributed by atoms with E-state index in [1.807, 2.05) is 5.38 Å². The van der Waals surface area contributed by atoms with E-state index >= 15 is 0 Å². The van der Waals surface area contributed by atoms with Crippen molar-refractivity contribution in [3.63, 3.8) is 0 Å². The van der Waals surface area contributed by atoms with E-state index in [0.717, 1.165) is 0 Å². The smallest absolute Gasteiger partial charge is 0.328 e. The number of aliphatic carboxylic acids is 1. The third kappa shape index (κ3) is 2.06. The lowest BCUT2D eigenvalue weighted by atomic mass is 10.2. The molecule has 0 aromatic heterocycles. The molecule has 13 heavy (non-hydrogen) atoms. The summed E-state index contributed by atoms with van der Waals surface area (Å²) in [6.45, 7) is 0.504. The van der Waals surface area contributed by atoms with Crippen LogP contribution in [0.1, 0.15) is 0 Å². The van der Waals surface area contributed by atoms with Crippen LogP contribution in [0, 0.1) is 11.3 Å². The van der Waals surface area contributed by atoms with Gasteiger partial charge < -0.3 is 14.6 Å². The Morgan fingerprint density at radius 1 is 1.54 bits per heavy atom. The molecule has 1 saturated heterocycles. The number of rotatable bonds is 2. The molecule has 6 heteroatoms. The van der Waals surface area contributed by atoms with Crippen molar-refractivity contribution >= 4 is 29.2 Å². The quantitative estimate of drug-likeness (QED) is 0.552. The number of carboxylic acid groups (broad SMARTS) is 1. The summed E-state index contributed by atoms with van der Waals surface area (Å²) in [6.07, 6.45) is 0. The van der Waals surface area contributed by atoms with Gasteiger partial charge in [-0.25, -0.2) is 0 Å². The van der Waals surface area contributed by atoms with Crippen molar-refractivity contribution in [1.82, 2.24) is 0 Å². The molecule has 72 valence electrons. The maximum absolute atomic E-state index is 10.6. The number of carboxylic acids is 1. The highest BCUT2D eigenvalue weighted by Gasteiger charge is 2.47. The normalized spacial score (nSPS) is 21.7. The molecule has 1 unspecified atom stereocenters. The Hall–Kier alpha value is -0.470. The lowest BCUT2D eigenvalue weighted by molar-refractivity contribution is -0.155. The molecule has 0 radical (unpaired) electrons. The van der Waals surface area contributed by atoms with E-state index in [-0.39, 0.29) is 13.2 Å². The second-order valence-electron chi connectivity index (χ2n) is 2.28. The summed E-state index contributed by atoms with van der Waals surface area (Å²) in [6, 6.07) is 0. The van der Waals surface area contributed by atoms with Crippen LogP contribution in [0.3, 0.4) is 0 Å². The molecule has 0 aromatic rings.